The lowest BCUT2D eigenvalue weighted by Gasteiger charge is -2.16. The van der Waals surface area contributed by atoms with E-state index in [9.17, 15) is 4.39 Å². The molecule has 0 heterocycles. The van der Waals surface area contributed by atoms with Gasteiger partial charge in [0.25, 0.3) is 0 Å². The zero-order valence-electron chi connectivity index (χ0n) is 13.0. The van der Waals surface area contributed by atoms with Gasteiger partial charge >= 0.3 is 0 Å². The van der Waals surface area contributed by atoms with Crippen molar-refractivity contribution in [3.8, 4) is 5.75 Å². The Kier molecular flexibility index (Phi) is 4.97. The minimum Gasteiger partial charge on any atom is -0.494 e. The molecule has 2 nitrogen and oxygen atoms in total. The molecular formula is C18H22FNO. The van der Waals surface area contributed by atoms with Gasteiger partial charge in [0.1, 0.15) is 0 Å². The van der Waals surface area contributed by atoms with Gasteiger partial charge < -0.3 is 10.1 Å². The van der Waals surface area contributed by atoms with Gasteiger partial charge in [0.15, 0.2) is 11.6 Å². The molecule has 2 aromatic carbocycles. The van der Waals surface area contributed by atoms with Gasteiger partial charge in [0.2, 0.25) is 0 Å². The van der Waals surface area contributed by atoms with Gasteiger partial charge in [-0.3, -0.25) is 0 Å². The first-order chi connectivity index (χ1) is 10.0. The van der Waals surface area contributed by atoms with Crippen LogP contribution in [0.1, 0.15) is 35.2 Å². The maximum absolute atomic E-state index is 13.7. The van der Waals surface area contributed by atoms with Crippen LogP contribution in [0.4, 0.5) is 4.39 Å². The number of benzene rings is 2. The molecule has 0 radical (unpaired) electrons. The first kappa shape index (κ1) is 15.5. The highest BCUT2D eigenvalue weighted by Gasteiger charge is 2.09. The SMILES string of the molecule is COc1ccc(C(C)NCc2ccc(C)c(C)c2)cc1F. The van der Waals surface area contributed by atoms with Crippen LogP contribution in [-0.2, 0) is 6.54 Å². The zero-order chi connectivity index (χ0) is 15.4. The van der Waals surface area contributed by atoms with E-state index in [1.807, 2.05) is 13.0 Å². The molecule has 0 amide bonds. The average molecular weight is 287 g/mol. The Balaban J connectivity index is 2.02. The van der Waals surface area contributed by atoms with Gasteiger partial charge in [-0.1, -0.05) is 24.3 Å². The lowest BCUT2D eigenvalue weighted by molar-refractivity contribution is 0.385. The summed E-state index contributed by atoms with van der Waals surface area (Å²) >= 11 is 0. The molecule has 21 heavy (non-hydrogen) atoms. The Morgan fingerprint density at radius 2 is 1.86 bits per heavy atom. The summed E-state index contributed by atoms with van der Waals surface area (Å²) in [5.41, 5.74) is 4.73. The van der Waals surface area contributed by atoms with Crippen LogP contribution in [-0.4, -0.2) is 7.11 Å². The molecule has 0 bridgehead atoms. The van der Waals surface area contributed by atoms with Crippen LogP contribution in [0.3, 0.4) is 0 Å². The molecule has 0 aromatic heterocycles. The number of halogens is 1. The predicted octanol–water partition coefficient (Wildman–Crippen LogP) is 4.30. The van der Waals surface area contributed by atoms with E-state index in [2.05, 4.69) is 37.4 Å². The van der Waals surface area contributed by atoms with Crippen LogP contribution in [0.2, 0.25) is 0 Å². The quantitative estimate of drug-likeness (QED) is 0.885. The van der Waals surface area contributed by atoms with Crippen LogP contribution >= 0.6 is 0 Å². The second-order valence-corrected chi connectivity index (χ2v) is 5.42. The van der Waals surface area contributed by atoms with E-state index in [1.54, 1.807) is 6.07 Å². The van der Waals surface area contributed by atoms with Crippen LogP contribution in [0.25, 0.3) is 0 Å². The lowest BCUT2D eigenvalue weighted by atomic mass is 10.0. The van der Waals surface area contributed by atoms with Crippen molar-refractivity contribution in [2.45, 2.75) is 33.4 Å². The summed E-state index contributed by atoms with van der Waals surface area (Å²) in [6.07, 6.45) is 0. The smallest absolute Gasteiger partial charge is 0.165 e. The standard InChI is InChI=1S/C18H22FNO/c1-12-5-6-15(9-13(12)2)11-20-14(3)16-7-8-18(21-4)17(19)10-16/h5-10,14,20H,11H2,1-4H3. The van der Waals surface area contributed by atoms with Gasteiger partial charge in [-0.05, 0) is 55.2 Å². The highest BCUT2D eigenvalue weighted by molar-refractivity contribution is 5.32. The van der Waals surface area contributed by atoms with Crippen LogP contribution in [0.5, 0.6) is 5.75 Å². The zero-order valence-corrected chi connectivity index (χ0v) is 13.0. The second-order valence-electron chi connectivity index (χ2n) is 5.42. The average Bonchev–Trinajstić information content (AvgIpc) is 2.48. The van der Waals surface area contributed by atoms with Crippen LogP contribution in [0.15, 0.2) is 36.4 Å². The Hall–Kier alpha value is -1.87. The number of aryl methyl sites for hydroxylation is 2. The summed E-state index contributed by atoms with van der Waals surface area (Å²) in [5, 5.41) is 3.42. The first-order valence-corrected chi connectivity index (χ1v) is 7.14. The molecule has 1 atom stereocenters. The number of hydrogen-bond acceptors (Lipinski definition) is 2. The van der Waals surface area contributed by atoms with Gasteiger partial charge in [0.05, 0.1) is 7.11 Å². The Bertz CT molecular complexity index is 625. The topological polar surface area (TPSA) is 21.3 Å². The summed E-state index contributed by atoms with van der Waals surface area (Å²) in [7, 11) is 1.47. The van der Waals surface area contributed by atoms with E-state index in [4.69, 9.17) is 4.74 Å². The maximum atomic E-state index is 13.7. The van der Waals surface area contributed by atoms with Crippen molar-refractivity contribution < 1.29 is 9.13 Å². The van der Waals surface area contributed by atoms with E-state index in [0.29, 0.717) is 0 Å². The Morgan fingerprint density at radius 3 is 2.48 bits per heavy atom. The highest BCUT2D eigenvalue weighted by atomic mass is 19.1. The van der Waals surface area contributed by atoms with Crippen LogP contribution in [0, 0.1) is 19.7 Å². The molecule has 0 aliphatic carbocycles. The van der Waals surface area contributed by atoms with Gasteiger partial charge in [0, 0.05) is 12.6 Å². The summed E-state index contributed by atoms with van der Waals surface area (Å²) in [4.78, 5) is 0. The predicted molar refractivity (Wildman–Crippen MR) is 84.1 cm³/mol. The van der Waals surface area contributed by atoms with Gasteiger partial charge in [-0.25, -0.2) is 4.39 Å². The molecule has 0 fully saturated rings. The largest absolute Gasteiger partial charge is 0.494 e. The summed E-state index contributed by atoms with van der Waals surface area (Å²) in [6, 6.07) is 11.6. The van der Waals surface area contributed by atoms with Crippen molar-refractivity contribution in [3.05, 3.63) is 64.5 Å². The molecule has 3 heteroatoms. The molecule has 2 rings (SSSR count). The normalized spacial score (nSPS) is 12.2. The minimum absolute atomic E-state index is 0.0759. The number of rotatable bonds is 5. The van der Waals surface area contributed by atoms with E-state index < -0.39 is 0 Å². The third kappa shape index (κ3) is 3.82. The van der Waals surface area contributed by atoms with E-state index in [1.165, 1.54) is 29.9 Å². The van der Waals surface area contributed by atoms with E-state index >= 15 is 0 Å². The number of ether oxygens (including phenoxy) is 1. The first-order valence-electron chi connectivity index (χ1n) is 7.14. The van der Waals surface area contributed by atoms with E-state index in [-0.39, 0.29) is 17.6 Å². The molecule has 2 aromatic rings. The monoisotopic (exact) mass is 287 g/mol. The fourth-order valence-corrected chi connectivity index (χ4v) is 2.25. The Labute approximate surface area is 126 Å². The molecule has 0 aliphatic rings. The van der Waals surface area contributed by atoms with Crippen molar-refractivity contribution in [2.75, 3.05) is 7.11 Å². The fourth-order valence-electron chi connectivity index (χ4n) is 2.25. The Morgan fingerprint density at radius 1 is 1.10 bits per heavy atom. The molecule has 112 valence electrons. The number of hydrogen-bond donors (Lipinski definition) is 1. The summed E-state index contributed by atoms with van der Waals surface area (Å²) < 4.78 is 18.7. The van der Waals surface area contributed by atoms with Crippen molar-refractivity contribution >= 4 is 0 Å². The molecule has 0 saturated carbocycles. The highest BCUT2D eigenvalue weighted by Crippen LogP contribution is 2.22. The van der Waals surface area contributed by atoms with Crippen molar-refractivity contribution in [2.24, 2.45) is 0 Å². The van der Waals surface area contributed by atoms with Crippen molar-refractivity contribution in [3.63, 3.8) is 0 Å². The number of nitrogens with one attached hydrogen (secondary N) is 1. The third-order valence-electron chi connectivity index (χ3n) is 3.86. The summed E-state index contributed by atoms with van der Waals surface area (Å²) in [6.45, 7) is 7.01. The third-order valence-corrected chi connectivity index (χ3v) is 3.86. The fraction of sp³-hybridized carbons (Fsp3) is 0.333. The van der Waals surface area contributed by atoms with Crippen molar-refractivity contribution in [1.82, 2.24) is 5.32 Å². The maximum Gasteiger partial charge on any atom is 0.165 e. The van der Waals surface area contributed by atoms with Gasteiger partial charge in [-0.15, -0.1) is 0 Å². The lowest BCUT2D eigenvalue weighted by Crippen LogP contribution is -2.18. The number of methoxy groups -OCH3 is 1. The minimum atomic E-state index is -0.324. The molecule has 0 saturated heterocycles. The van der Waals surface area contributed by atoms with E-state index in [0.717, 1.165) is 12.1 Å². The van der Waals surface area contributed by atoms with Crippen LogP contribution < -0.4 is 10.1 Å². The molecule has 0 aliphatic heterocycles. The summed E-state index contributed by atoms with van der Waals surface area (Å²) in [5.74, 6) is -0.0464. The van der Waals surface area contributed by atoms with Crippen molar-refractivity contribution in [1.29, 1.82) is 0 Å². The molecule has 1 N–H and O–H groups in total. The molecule has 0 spiro atoms. The molecular weight excluding hydrogens is 265 g/mol. The second kappa shape index (κ2) is 6.72. The van der Waals surface area contributed by atoms with Gasteiger partial charge in [-0.2, -0.15) is 0 Å². The molecule has 1 unspecified atom stereocenters.